The second kappa shape index (κ2) is 6.70. The van der Waals surface area contributed by atoms with E-state index in [4.69, 9.17) is 9.47 Å². The number of hydrogen-bond donors (Lipinski definition) is 1. The zero-order valence-corrected chi connectivity index (χ0v) is 14.1. The Morgan fingerprint density at radius 2 is 2.13 bits per heavy atom. The van der Waals surface area contributed by atoms with Crippen LogP contribution in [0.15, 0.2) is 18.2 Å². The van der Waals surface area contributed by atoms with Gasteiger partial charge in [0, 0.05) is 37.0 Å². The Morgan fingerprint density at radius 3 is 2.91 bits per heavy atom. The molecule has 1 unspecified atom stereocenters. The number of hydrogen-bond acceptors (Lipinski definition) is 4. The minimum absolute atomic E-state index is 0.315. The molecule has 4 nitrogen and oxygen atoms in total. The third-order valence-corrected chi connectivity index (χ3v) is 5.70. The largest absolute Gasteiger partial charge is 0.490 e. The lowest BCUT2D eigenvalue weighted by Gasteiger charge is -2.24. The Morgan fingerprint density at radius 1 is 1.26 bits per heavy atom. The van der Waals surface area contributed by atoms with Crippen molar-refractivity contribution in [2.24, 2.45) is 0 Å². The Balaban J connectivity index is 1.45. The van der Waals surface area contributed by atoms with Crippen molar-refractivity contribution in [3.63, 3.8) is 0 Å². The van der Waals surface area contributed by atoms with Crippen LogP contribution in [-0.4, -0.2) is 50.4 Å². The monoisotopic (exact) mass is 316 g/mol. The molecule has 0 saturated carbocycles. The average Bonchev–Trinajstić information content (AvgIpc) is 3.16. The summed E-state index contributed by atoms with van der Waals surface area (Å²) < 4.78 is 11.6. The predicted molar refractivity (Wildman–Crippen MR) is 92.4 cm³/mol. The topological polar surface area (TPSA) is 33.7 Å². The minimum Gasteiger partial charge on any atom is -0.490 e. The fraction of sp³-hybridized carbons (Fsp3) is 0.684. The SMILES string of the molecule is CN1CCC[C@@H]1CC1CNc2ccc(OC3CCOCC3)cc21. The number of anilines is 1. The normalized spacial score (nSPS) is 28.6. The number of fused-ring (bicyclic) bond motifs is 1. The summed E-state index contributed by atoms with van der Waals surface area (Å²) >= 11 is 0. The standard InChI is InChI=1S/C19H28N2O2/c1-21-8-2-3-15(21)11-14-13-20-19-5-4-17(12-18(14)19)23-16-6-9-22-10-7-16/h4-5,12,14-16,20H,2-3,6-11,13H2,1H3/t14?,15-/m1/s1. The van der Waals surface area contributed by atoms with Gasteiger partial charge in [-0.25, -0.2) is 0 Å². The molecular weight excluding hydrogens is 288 g/mol. The zero-order chi connectivity index (χ0) is 15.6. The van der Waals surface area contributed by atoms with E-state index in [9.17, 15) is 0 Å². The van der Waals surface area contributed by atoms with Gasteiger partial charge in [0.15, 0.2) is 0 Å². The molecule has 0 radical (unpaired) electrons. The van der Waals surface area contributed by atoms with E-state index in [0.717, 1.165) is 44.4 Å². The van der Waals surface area contributed by atoms with Gasteiger partial charge in [-0.2, -0.15) is 0 Å². The number of benzene rings is 1. The Bertz CT molecular complexity index is 542. The van der Waals surface area contributed by atoms with E-state index in [1.54, 1.807) is 0 Å². The number of rotatable bonds is 4. The van der Waals surface area contributed by atoms with Crippen LogP contribution in [0.3, 0.4) is 0 Å². The Kier molecular flexibility index (Phi) is 4.45. The highest BCUT2D eigenvalue weighted by Crippen LogP contribution is 2.39. The molecule has 1 aromatic rings. The first-order valence-corrected chi connectivity index (χ1v) is 9.12. The molecule has 0 amide bonds. The summed E-state index contributed by atoms with van der Waals surface area (Å²) in [4.78, 5) is 2.53. The maximum atomic E-state index is 6.20. The van der Waals surface area contributed by atoms with Crippen molar-refractivity contribution >= 4 is 5.69 Å². The second-order valence-electron chi connectivity index (χ2n) is 7.27. The average molecular weight is 316 g/mol. The highest BCUT2D eigenvalue weighted by atomic mass is 16.5. The van der Waals surface area contributed by atoms with Crippen LogP contribution < -0.4 is 10.1 Å². The maximum Gasteiger partial charge on any atom is 0.120 e. The second-order valence-corrected chi connectivity index (χ2v) is 7.27. The van der Waals surface area contributed by atoms with Gasteiger partial charge in [-0.3, -0.25) is 0 Å². The van der Waals surface area contributed by atoms with Crippen LogP contribution in [0.5, 0.6) is 5.75 Å². The molecule has 1 aromatic carbocycles. The van der Waals surface area contributed by atoms with Gasteiger partial charge in [-0.1, -0.05) is 0 Å². The lowest BCUT2D eigenvalue weighted by atomic mass is 9.93. The molecule has 23 heavy (non-hydrogen) atoms. The number of ether oxygens (including phenoxy) is 2. The van der Waals surface area contributed by atoms with Crippen molar-refractivity contribution in [1.29, 1.82) is 0 Å². The molecule has 0 aliphatic carbocycles. The highest BCUT2D eigenvalue weighted by Gasteiger charge is 2.29. The van der Waals surface area contributed by atoms with Crippen molar-refractivity contribution in [1.82, 2.24) is 4.90 Å². The van der Waals surface area contributed by atoms with Crippen LogP contribution in [0.25, 0.3) is 0 Å². The fourth-order valence-electron chi connectivity index (χ4n) is 4.26. The molecular formula is C19H28N2O2. The summed E-state index contributed by atoms with van der Waals surface area (Å²) in [7, 11) is 2.27. The third kappa shape index (κ3) is 3.33. The van der Waals surface area contributed by atoms with Crippen LogP contribution in [0, 0.1) is 0 Å². The summed E-state index contributed by atoms with van der Waals surface area (Å²) in [5, 5.41) is 3.58. The number of nitrogens with zero attached hydrogens (tertiary/aromatic N) is 1. The van der Waals surface area contributed by atoms with E-state index in [-0.39, 0.29) is 0 Å². The van der Waals surface area contributed by atoms with Gasteiger partial charge < -0.3 is 19.7 Å². The lowest BCUT2D eigenvalue weighted by Crippen LogP contribution is -2.27. The van der Waals surface area contributed by atoms with Crippen molar-refractivity contribution in [3.05, 3.63) is 23.8 Å². The summed E-state index contributed by atoms with van der Waals surface area (Å²) in [6.07, 6.45) is 6.28. The first-order chi connectivity index (χ1) is 11.3. The van der Waals surface area contributed by atoms with Crippen molar-refractivity contribution < 1.29 is 9.47 Å². The number of likely N-dealkylation sites (tertiary alicyclic amines) is 1. The van der Waals surface area contributed by atoms with Gasteiger partial charge in [0.2, 0.25) is 0 Å². The maximum absolute atomic E-state index is 6.20. The van der Waals surface area contributed by atoms with Crippen molar-refractivity contribution in [2.75, 3.05) is 38.7 Å². The molecule has 2 atom stereocenters. The van der Waals surface area contributed by atoms with E-state index in [1.807, 2.05) is 0 Å². The molecule has 0 bridgehead atoms. The number of nitrogens with one attached hydrogen (secondary N) is 1. The molecule has 0 spiro atoms. The van der Waals surface area contributed by atoms with Gasteiger partial charge in [-0.15, -0.1) is 0 Å². The van der Waals surface area contributed by atoms with Crippen LogP contribution >= 0.6 is 0 Å². The molecule has 3 aliphatic heterocycles. The summed E-state index contributed by atoms with van der Waals surface area (Å²) in [6, 6.07) is 7.34. The van der Waals surface area contributed by atoms with Crippen LogP contribution in [0.2, 0.25) is 0 Å². The third-order valence-electron chi connectivity index (χ3n) is 5.70. The van der Waals surface area contributed by atoms with E-state index < -0.39 is 0 Å². The van der Waals surface area contributed by atoms with Gasteiger partial charge in [0.25, 0.3) is 0 Å². The van der Waals surface area contributed by atoms with Crippen LogP contribution in [0.1, 0.15) is 43.6 Å². The summed E-state index contributed by atoms with van der Waals surface area (Å²) in [6.45, 7) is 3.98. The molecule has 2 saturated heterocycles. The molecule has 2 fully saturated rings. The van der Waals surface area contributed by atoms with E-state index in [0.29, 0.717) is 12.0 Å². The molecule has 0 aromatic heterocycles. The Hall–Kier alpha value is -1.26. The quantitative estimate of drug-likeness (QED) is 0.924. The molecule has 126 valence electrons. The smallest absolute Gasteiger partial charge is 0.120 e. The van der Waals surface area contributed by atoms with Crippen LogP contribution in [-0.2, 0) is 4.74 Å². The van der Waals surface area contributed by atoms with Gasteiger partial charge in [-0.05, 0) is 56.6 Å². The van der Waals surface area contributed by atoms with E-state index in [2.05, 4.69) is 35.5 Å². The molecule has 3 aliphatic rings. The van der Waals surface area contributed by atoms with E-state index >= 15 is 0 Å². The Labute approximate surface area is 139 Å². The van der Waals surface area contributed by atoms with Gasteiger partial charge >= 0.3 is 0 Å². The predicted octanol–water partition coefficient (Wildman–Crippen LogP) is 3.24. The van der Waals surface area contributed by atoms with Crippen molar-refractivity contribution in [2.45, 2.75) is 50.2 Å². The first kappa shape index (κ1) is 15.3. The molecule has 3 heterocycles. The molecule has 4 heteroatoms. The minimum atomic E-state index is 0.315. The summed E-state index contributed by atoms with van der Waals surface area (Å²) in [5.74, 6) is 1.65. The van der Waals surface area contributed by atoms with Crippen LogP contribution in [0.4, 0.5) is 5.69 Å². The van der Waals surface area contributed by atoms with Crippen molar-refractivity contribution in [3.8, 4) is 5.75 Å². The molecule has 4 rings (SSSR count). The first-order valence-electron chi connectivity index (χ1n) is 9.12. The van der Waals surface area contributed by atoms with E-state index in [1.165, 1.54) is 37.1 Å². The summed E-state index contributed by atoms with van der Waals surface area (Å²) in [5.41, 5.74) is 2.75. The molecule has 1 N–H and O–H groups in total. The lowest BCUT2D eigenvalue weighted by molar-refractivity contribution is 0.0255. The zero-order valence-electron chi connectivity index (χ0n) is 14.1. The van der Waals surface area contributed by atoms with Gasteiger partial charge in [0.1, 0.15) is 11.9 Å². The fourth-order valence-corrected chi connectivity index (χ4v) is 4.26. The highest BCUT2D eigenvalue weighted by molar-refractivity contribution is 5.60. The van der Waals surface area contributed by atoms with Gasteiger partial charge in [0.05, 0.1) is 13.2 Å².